The molecule has 0 unspecified atom stereocenters. The highest BCUT2D eigenvalue weighted by Gasteiger charge is 2.12. The molecule has 1 heterocycles. The summed E-state index contributed by atoms with van der Waals surface area (Å²) in [6, 6.07) is 12.5. The first kappa shape index (κ1) is 23.0. The molecule has 32 heavy (non-hydrogen) atoms. The smallest absolute Gasteiger partial charge is 0.333 e. The van der Waals surface area contributed by atoms with Gasteiger partial charge in [-0.15, -0.1) is 11.3 Å². The van der Waals surface area contributed by atoms with Gasteiger partial charge in [-0.3, -0.25) is 14.2 Å². The largest absolute Gasteiger partial charge is 0.497 e. The summed E-state index contributed by atoms with van der Waals surface area (Å²) in [5.74, 6) is -1.03. The van der Waals surface area contributed by atoms with Gasteiger partial charge in [0.1, 0.15) is 22.8 Å². The number of hydrogen-bond acceptors (Lipinski definition) is 6. The molecule has 0 aliphatic heterocycles. The van der Waals surface area contributed by atoms with Crippen LogP contribution in [0.3, 0.4) is 0 Å². The Morgan fingerprint density at radius 2 is 1.97 bits per heavy atom. The molecule has 3 aromatic rings. The van der Waals surface area contributed by atoms with Gasteiger partial charge in [-0.05, 0) is 48.9 Å². The second-order valence-electron chi connectivity index (χ2n) is 6.57. The molecule has 1 N–H and O–H groups in total. The Morgan fingerprint density at radius 1 is 1.19 bits per heavy atom. The number of aromatic nitrogens is 1. The monoisotopic (exact) mass is 456 g/mol. The predicted molar refractivity (Wildman–Crippen MR) is 121 cm³/mol. The van der Waals surface area contributed by atoms with Crippen molar-refractivity contribution in [3.8, 4) is 5.75 Å². The summed E-state index contributed by atoms with van der Waals surface area (Å²) < 4.78 is 25.3. The maximum Gasteiger partial charge on any atom is 0.333 e. The molecule has 166 valence electrons. The van der Waals surface area contributed by atoms with Crippen molar-refractivity contribution < 1.29 is 23.5 Å². The van der Waals surface area contributed by atoms with Gasteiger partial charge in [0.25, 0.3) is 5.56 Å². The fourth-order valence-corrected chi connectivity index (χ4v) is 3.90. The molecule has 9 heteroatoms. The van der Waals surface area contributed by atoms with Crippen LogP contribution in [0.15, 0.2) is 53.3 Å². The molecule has 2 aromatic carbocycles. The number of amides is 1. The van der Waals surface area contributed by atoms with Crippen molar-refractivity contribution in [3.05, 3.63) is 79.5 Å². The number of methoxy groups -OCH3 is 1. The fourth-order valence-electron chi connectivity index (χ4n) is 2.87. The summed E-state index contributed by atoms with van der Waals surface area (Å²) >= 11 is 1.06. The molecule has 0 fully saturated rings. The minimum absolute atomic E-state index is 0.174. The maximum absolute atomic E-state index is 13.4. The highest BCUT2D eigenvalue weighted by molar-refractivity contribution is 7.07. The van der Waals surface area contributed by atoms with Crippen LogP contribution in [0.4, 0.5) is 10.1 Å². The van der Waals surface area contributed by atoms with Crippen molar-refractivity contribution >= 4 is 41.1 Å². The third-order valence-corrected chi connectivity index (χ3v) is 5.33. The van der Waals surface area contributed by atoms with Crippen LogP contribution in [0, 0.1) is 5.82 Å². The number of carbonyl (C=O) groups excluding carboxylic acids is 2. The SMILES string of the molecule is CCOC(=O)/C=c1\s/c(=C\c2cccc(OC)c2)c(=O)n1CC(=O)Nc1cccc(F)c1. The molecule has 1 amide bonds. The predicted octanol–water partition coefficient (Wildman–Crippen LogP) is 1.87. The molecule has 0 radical (unpaired) electrons. The van der Waals surface area contributed by atoms with Crippen molar-refractivity contribution in [2.24, 2.45) is 0 Å². The lowest BCUT2D eigenvalue weighted by Gasteiger charge is -2.06. The topological polar surface area (TPSA) is 86.6 Å². The molecule has 0 aliphatic rings. The zero-order chi connectivity index (χ0) is 23.1. The summed E-state index contributed by atoms with van der Waals surface area (Å²) in [5, 5.41) is 2.55. The quantitative estimate of drug-likeness (QED) is 0.549. The molecule has 0 saturated heterocycles. The van der Waals surface area contributed by atoms with Gasteiger partial charge in [0.15, 0.2) is 0 Å². The van der Waals surface area contributed by atoms with Crippen LogP contribution in [0.25, 0.3) is 12.2 Å². The molecule has 1 aromatic heterocycles. The number of esters is 1. The second-order valence-corrected chi connectivity index (χ2v) is 7.63. The van der Waals surface area contributed by atoms with E-state index in [9.17, 15) is 18.8 Å². The molecule has 0 spiro atoms. The number of anilines is 1. The zero-order valence-electron chi connectivity index (χ0n) is 17.5. The highest BCUT2D eigenvalue weighted by atomic mass is 32.1. The number of benzene rings is 2. The van der Waals surface area contributed by atoms with Crippen LogP contribution in [0.1, 0.15) is 12.5 Å². The summed E-state index contributed by atoms with van der Waals surface area (Å²) in [5.41, 5.74) is 0.543. The van der Waals surface area contributed by atoms with Gasteiger partial charge in [0.2, 0.25) is 5.91 Å². The number of halogens is 1. The Hall–Kier alpha value is -3.72. The molecule has 0 bridgehead atoms. The van der Waals surface area contributed by atoms with Gasteiger partial charge < -0.3 is 14.8 Å². The van der Waals surface area contributed by atoms with E-state index in [1.165, 1.54) is 34.9 Å². The first-order chi connectivity index (χ1) is 15.4. The minimum atomic E-state index is -0.624. The molecule has 0 aliphatic carbocycles. The third kappa shape index (κ3) is 5.92. The number of carbonyl (C=O) groups is 2. The van der Waals surface area contributed by atoms with E-state index >= 15 is 0 Å². The molecule has 0 atom stereocenters. The zero-order valence-corrected chi connectivity index (χ0v) is 18.3. The summed E-state index contributed by atoms with van der Waals surface area (Å²) in [4.78, 5) is 37.5. The van der Waals surface area contributed by atoms with Crippen molar-refractivity contribution in [1.82, 2.24) is 4.57 Å². The average molecular weight is 456 g/mol. The number of thiazole rings is 1. The fraction of sp³-hybridized carbons (Fsp3) is 0.174. The van der Waals surface area contributed by atoms with Crippen LogP contribution in [0.5, 0.6) is 5.75 Å². The second kappa shape index (κ2) is 10.5. The average Bonchev–Trinajstić information content (AvgIpc) is 3.02. The van der Waals surface area contributed by atoms with E-state index in [4.69, 9.17) is 9.47 Å². The van der Waals surface area contributed by atoms with E-state index in [2.05, 4.69) is 5.32 Å². The Labute approximate surface area is 187 Å². The maximum atomic E-state index is 13.4. The van der Waals surface area contributed by atoms with Gasteiger partial charge in [-0.2, -0.15) is 0 Å². The number of rotatable bonds is 7. The van der Waals surface area contributed by atoms with Crippen LogP contribution in [-0.2, 0) is 20.9 Å². The van der Waals surface area contributed by atoms with Gasteiger partial charge in [0.05, 0.1) is 24.3 Å². The van der Waals surface area contributed by atoms with E-state index in [1.54, 1.807) is 44.4 Å². The number of ether oxygens (including phenoxy) is 2. The summed E-state index contributed by atoms with van der Waals surface area (Å²) in [6.45, 7) is 1.48. The third-order valence-electron chi connectivity index (χ3n) is 4.27. The highest BCUT2D eigenvalue weighted by Crippen LogP contribution is 2.12. The molecule has 7 nitrogen and oxygen atoms in total. The van der Waals surface area contributed by atoms with E-state index in [1.807, 2.05) is 0 Å². The first-order valence-electron chi connectivity index (χ1n) is 9.69. The molecule has 3 rings (SSSR count). The first-order valence-corrected chi connectivity index (χ1v) is 10.5. The summed E-state index contributed by atoms with van der Waals surface area (Å²) in [7, 11) is 1.54. The van der Waals surface area contributed by atoms with Crippen LogP contribution in [-0.4, -0.2) is 30.2 Å². The Morgan fingerprint density at radius 3 is 2.69 bits per heavy atom. The van der Waals surface area contributed by atoms with Crippen molar-refractivity contribution in [3.63, 3.8) is 0 Å². The van der Waals surface area contributed by atoms with E-state index in [-0.39, 0.29) is 23.5 Å². The Balaban J connectivity index is 2.01. The van der Waals surface area contributed by atoms with E-state index in [0.29, 0.717) is 10.3 Å². The van der Waals surface area contributed by atoms with Gasteiger partial charge in [-0.1, -0.05) is 18.2 Å². The summed E-state index contributed by atoms with van der Waals surface area (Å²) in [6.07, 6.45) is 2.83. The molecular weight excluding hydrogens is 435 g/mol. The number of nitrogens with zero attached hydrogens (tertiary/aromatic N) is 1. The minimum Gasteiger partial charge on any atom is -0.497 e. The van der Waals surface area contributed by atoms with E-state index < -0.39 is 23.3 Å². The lowest BCUT2D eigenvalue weighted by atomic mass is 10.2. The van der Waals surface area contributed by atoms with Crippen molar-refractivity contribution in [1.29, 1.82) is 0 Å². The lowest BCUT2D eigenvalue weighted by molar-refractivity contribution is -0.135. The standard InChI is InChI=1S/C23H21FN2O5S/c1-3-31-22(28)13-21-26(14-20(27)25-17-8-5-7-16(24)12-17)23(29)19(32-21)11-15-6-4-9-18(10-15)30-2/h4-13H,3,14H2,1-2H3,(H,25,27)/b19-11-,21-13-. The lowest BCUT2D eigenvalue weighted by Crippen LogP contribution is -2.36. The van der Waals surface area contributed by atoms with Crippen LogP contribution >= 0.6 is 11.3 Å². The number of nitrogens with one attached hydrogen (secondary N) is 1. The van der Waals surface area contributed by atoms with E-state index in [0.717, 1.165) is 16.9 Å². The van der Waals surface area contributed by atoms with Crippen LogP contribution < -0.4 is 24.8 Å². The van der Waals surface area contributed by atoms with Crippen molar-refractivity contribution in [2.45, 2.75) is 13.5 Å². The Kier molecular flexibility index (Phi) is 7.56. The van der Waals surface area contributed by atoms with Gasteiger partial charge in [0, 0.05) is 5.69 Å². The Bertz CT molecular complexity index is 1310. The molecular formula is C23H21FN2O5S. The number of hydrogen-bond donors (Lipinski definition) is 1. The normalized spacial score (nSPS) is 12.0. The van der Waals surface area contributed by atoms with Gasteiger partial charge >= 0.3 is 5.97 Å². The van der Waals surface area contributed by atoms with Crippen molar-refractivity contribution in [2.75, 3.05) is 19.0 Å². The van der Waals surface area contributed by atoms with Gasteiger partial charge in [-0.25, -0.2) is 9.18 Å². The molecule has 0 saturated carbocycles. The van der Waals surface area contributed by atoms with Crippen LogP contribution in [0.2, 0.25) is 0 Å².